The van der Waals surface area contributed by atoms with Crippen LogP contribution in [0.25, 0.3) is 0 Å². The fourth-order valence-electron chi connectivity index (χ4n) is 2.69. The second kappa shape index (κ2) is 5.11. The van der Waals surface area contributed by atoms with E-state index in [0.29, 0.717) is 12.3 Å². The van der Waals surface area contributed by atoms with Gasteiger partial charge in [0.1, 0.15) is 0 Å². The van der Waals surface area contributed by atoms with E-state index in [2.05, 4.69) is 44.3 Å². The molecule has 1 aliphatic rings. The summed E-state index contributed by atoms with van der Waals surface area (Å²) in [5.41, 5.74) is 3.54. The Morgan fingerprint density at radius 3 is 2.67 bits per heavy atom. The highest BCUT2D eigenvalue weighted by molar-refractivity contribution is 5.96. The highest BCUT2D eigenvalue weighted by atomic mass is 16.2. The lowest BCUT2D eigenvalue weighted by atomic mass is 10.0. The molecule has 0 aromatic heterocycles. The van der Waals surface area contributed by atoms with Crippen LogP contribution in [0.4, 0.5) is 5.69 Å². The van der Waals surface area contributed by atoms with Crippen molar-refractivity contribution in [2.45, 2.75) is 33.2 Å². The van der Waals surface area contributed by atoms with Gasteiger partial charge in [0.15, 0.2) is 0 Å². The fraction of sp³-hybridized carbons (Fsp3) is 0.533. The van der Waals surface area contributed by atoms with E-state index < -0.39 is 0 Å². The van der Waals surface area contributed by atoms with Gasteiger partial charge in [0.2, 0.25) is 5.91 Å². The number of amides is 1. The van der Waals surface area contributed by atoms with Gasteiger partial charge < -0.3 is 10.2 Å². The van der Waals surface area contributed by atoms with Crippen molar-refractivity contribution in [2.24, 2.45) is 5.92 Å². The van der Waals surface area contributed by atoms with E-state index in [-0.39, 0.29) is 11.9 Å². The number of carbonyl (C=O) groups excluding carboxylic acids is 1. The van der Waals surface area contributed by atoms with Gasteiger partial charge in [0, 0.05) is 30.6 Å². The molecule has 0 radical (unpaired) electrons. The van der Waals surface area contributed by atoms with Crippen molar-refractivity contribution in [3.8, 4) is 0 Å². The van der Waals surface area contributed by atoms with Gasteiger partial charge in [-0.2, -0.15) is 0 Å². The molecule has 2 rings (SSSR count). The van der Waals surface area contributed by atoms with Crippen molar-refractivity contribution < 1.29 is 4.79 Å². The standard InChI is InChI=1S/C15H22N2O/c1-10-5-6-14(7-11(10)2)17-12(3)13(9-16-4)8-15(17)18/h5-7,12-13,16H,8-9H2,1-4H3. The van der Waals surface area contributed by atoms with E-state index in [1.54, 1.807) is 0 Å². The lowest BCUT2D eigenvalue weighted by molar-refractivity contribution is -0.117. The molecule has 1 aromatic carbocycles. The van der Waals surface area contributed by atoms with Gasteiger partial charge in [-0.1, -0.05) is 6.07 Å². The normalized spacial score (nSPS) is 23.8. The van der Waals surface area contributed by atoms with Gasteiger partial charge in [-0.25, -0.2) is 0 Å². The molecule has 18 heavy (non-hydrogen) atoms. The second-order valence-electron chi connectivity index (χ2n) is 5.29. The molecular formula is C15H22N2O. The van der Waals surface area contributed by atoms with Gasteiger partial charge in [-0.3, -0.25) is 4.79 Å². The Morgan fingerprint density at radius 1 is 1.33 bits per heavy atom. The first-order valence-electron chi connectivity index (χ1n) is 6.58. The van der Waals surface area contributed by atoms with Crippen LogP contribution in [0.3, 0.4) is 0 Å². The van der Waals surface area contributed by atoms with Gasteiger partial charge in [0.05, 0.1) is 0 Å². The number of nitrogens with zero attached hydrogens (tertiary/aromatic N) is 1. The zero-order valence-electron chi connectivity index (χ0n) is 11.7. The number of aryl methyl sites for hydroxylation is 2. The van der Waals surface area contributed by atoms with Crippen molar-refractivity contribution in [3.63, 3.8) is 0 Å². The molecule has 1 aliphatic heterocycles. The molecule has 98 valence electrons. The van der Waals surface area contributed by atoms with Crippen LogP contribution in [-0.2, 0) is 4.79 Å². The Morgan fingerprint density at radius 2 is 2.06 bits per heavy atom. The summed E-state index contributed by atoms with van der Waals surface area (Å²) in [6.07, 6.45) is 0.648. The van der Waals surface area contributed by atoms with Crippen molar-refractivity contribution >= 4 is 11.6 Å². The quantitative estimate of drug-likeness (QED) is 0.887. The summed E-state index contributed by atoms with van der Waals surface area (Å²) < 4.78 is 0. The van der Waals surface area contributed by atoms with Crippen molar-refractivity contribution in [1.82, 2.24) is 5.32 Å². The molecule has 0 saturated carbocycles. The number of nitrogens with one attached hydrogen (secondary N) is 1. The molecule has 0 bridgehead atoms. The topological polar surface area (TPSA) is 32.3 Å². The first-order chi connectivity index (χ1) is 8.54. The predicted molar refractivity (Wildman–Crippen MR) is 74.9 cm³/mol. The largest absolute Gasteiger partial charge is 0.319 e. The lowest BCUT2D eigenvalue weighted by Crippen LogP contribution is -2.35. The second-order valence-corrected chi connectivity index (χ2v) is 5.29. The average molecular weight is 246 g/mol. The molecule has 0 aliphatic carbocycles. The van der Waals surface area contributed by atoms with Crippen LogP contribution in [0.2, 0.25) is 0 Å². The summed E-state index contributed by atoms with van der Waals surface area (Å²) in [6, 6.07) is 6.53. The summed E-state index contributed by atoms with van der Waals surface area (Å²) in [5.74, 6) is 0.648. The first-order valence-corrected chi connectivity index (χ1v) is 6.58. The predicted octanol–water partition coefficient (Wildman–Crippen LogP) is 2.26. The minimum atomic E-state index is 0.242. The van der Waals surface area contributed by atoms with E-state index in [1.807, 2.05) is 11.9 Å². The van der Waals surface area contributed by atoms with Gasteiger partial charge >= 0.3 is 0 Å². The maximum atomic E-state index is 12.2. The molecule has 1 aromatic rings. The smallest absolute Gasteiger partial charge is 0.227 e. The monoisotopic (exact) mass is 246 g/mol. The molecule has 1 heterocycles. The highest BCUT2D eigenvalue weighted by Gasteiger charge is 2.37. The third-order valence-corrected chi connectivity index (χ3v) is 4.03. The maximum absolute atomic E-state index is 12.2. The van der Waals surface area contributed by atoms with Crippen LogP contribution in [-0.4, -0.2) is 25.5 Å². The van der Waals surface area contributed by atoms with Crippen molar-refractivity contribution in [1.29, 1.82) is 0 Å². The Hall–Kier alpha value is -1.35. The van der Waals surface area contributed by atoms with E-state index >= 15 is 0 Å². The van der Waals surface area contributed by atoms with Gasteiger partial charge in [0.25, 0.3) is 0 Å². The van der Waals surface area contributed by atoms with Crippen molar-refractivity contribution in [2.75, 3.05) is 18.5 Å². The molecule has 1 saturated heterocycles. The number of benzene rings is 1. The van der Waals surface area contributed by atoms with Crippen LogP contribution < -0.4 is 10.2 Å². The number of hydrogen-bond donors (Lipinski definition) is 1. The summed E-state index contributed by atoms with van der Waals surface area (Å²) in [7, 11) is 1.94. The molecule has 1 N–H and O–H groups in total. The third-order valence-electron chi connectivity index (χ3n) is 4.03. The van der Waals surface area contributed by atoms with Crippen LogP contribution in [0, 0.1) is 19.8 Å². The Balaban J connectivity index is 2.27. The Labute approximate surface area is 109 Å². The lowest BCUT2D eigenvalue weighted by Gasteiger charge is -2.25. The minimum Gasteiger partial charge on any atom is -0.319 e. The molecule has 2 unspecified atom stereocenters. The Kier molecular flexibility index (Phi) is 3.71. The molecule has 0 spiro atoms. The summed E-state index contributed by atoms with van der Waals surface area (Å²) in [4.78, 5) is 14.1. The molecule has 2 atom stereocenters. The van der Waals surface area contributed by atoms with Crippen LogP contribution in [0.1, 0.15) is 24.5 Å². The maximum Gasteiger partial charge on any atom is 0.227 e. The molecule has 3 heteroatoms. The van der Waals surface area contributed by atoms with Gasteiger partial charge in [-0.15, -0.1) is 0 Å². The molecule has 1 amide bonds. The zero-order valence-corrected chi connectivity index (χ0v) is 11.7. The fourth-order valence-corrected chi connectivity index (χ4v) is 2.69. The van der Waals surface area contributed by atoms with Gasteiger partial charge in [-0.05, 0) is 51.1 Å². The summed E-state index contributed by atoms with van der Waals surface area (Å²) in [5, 5.41) is 3.17. The Bertz CT molecular complexity index is 456. The molecule has 1 fully saturated rings. The van der Waals surface area contributed by atoms with E-state index in [1.165, 1.54) is 11.1 Å². The number of anilines is 1. The number of carbonyl (C=O) groups is 1. The third kappa shape index (κ3) is 2.27. The van der Waals surface area contributed by atoms with E-state index in [0.717, 1.165) is 12.2 Å². The van der Waals surface area contributed by atoms with Crippen LogP contribution >= 0.6 is 0 Å². The summed E-state index contributed by atoms with van der Waals surface area (Å²) >= 11 is 0. The van der Waals surface area contributed by atoms with Crippen LogP contribution in [0.15, 0.2) is 18.2 Å². The SMILES string of the molecule is CNCC1CC(=O)N(c2ccc(C)c(C)c2)C1C. The van der Waals surface area contributed by atoms with Crippen LogP contribution in [0.5, 0.6) is 0 Å². The number of rotatable bonds is 3. The average Bonchev–Trinajstić information content (AvgIpc) is 2.59. The molecular weight excluding hydrogens is 224 g/mol. The van der Waals surface area contributed by atoms with E-state index in [9.17, 15) is 4.79 Å². The van der Waals surface area contributed by atoms with E-state index in [4.69, 9.17) is 0 Å². The number of hydrogen-bond acceptors (Lipinski definition) is 2. The minimum absolute atomic E-state index is 0.242. The molecule has 3 nitrogen and oxygen atoms in total. The first kappa shape index (κ1) is 13.1. The van der Waals surface area contributed by atoms with Crippen molar-refractivity contribution in [3.05, 3.63) is 29.3 Å². The highest BCUT2D eigenvalue weighted by Crippen LogP contribution is 2.31. The zero-order chi connectivity index (χ0) is 13.3. The summed E-state index contributed by atoms with van der Waals surface area (Å²) in [6.45, 7) is 7.23.